The van der Waals surface area contributed by atoms with E-state index in [1.165, 1.54) is 23.5 Å². The molecule has 1 saturated heterocycles. The van der Waals surface area contributed by atoms with Gasteiger partial charge >= 0.3 is 0 Å². The molecule has 0 saturated carbocycles. The molecular weight excluding hydrogens is 551 g/mol. The van der Waals surface area contributed by atoms with Gasteiger partial charge in [0.15, 0.2) is 0 Å². The van der Waals surface area contributed by atoms with Crippen LogP contribution in [0.4, 0.5) is 21.5 Å². The summed E-state index contributed by atoms with van der Waals surface area (Å²) in [5, 5.41) is 4.95. The number of piperidine rings is 1. The minimum atomic E-state index is -0.308. The maximum atomic E-state index is 14.0. The Labute approximate surface area is 247 Å². The maximum absolute atomic E-state index is 14.0. The molecule has 1 fully saturated rings. The molecule has 3 aliphatic heterocycles. The van der Waals surface area contributed by atoms with E-state index in [9.17, 15) is 18.8 Å². The Hall–Kier alpha value is -4.24. The van der Waals surface area contributed by atoms with Gasteiger partial charge in [0.25, 0.3) is 17.4 Å². The van der Waals surface area contributed by atoms with E-state index < -0.39 is 0 Å². The first kappa shape index (κ1) is 26.6. The lowest BCUT2D eigenvalue weighted by atomic mass is 9.83. The Morgan fingerprint density at radius 1 is 0.976 bits per heavy atom. The van der Waals surface area contributed by atoms with Gasteiger partial charge in [-0.1, -0.05) is 12.1 Å². The van der Waals surface area contributed by atoms with Crippen molar-refractivity contribution in [3.8, 4) is 0 Å². The molecule has 2 amide bonds. The third-order valence-corrected chi connectivity index (χ3v) is 9.72. The highest BCUT2D eigenvalue weighted by Gasteiger charge is 2.36. The summed E-state index contributed by atoms with van der Waals surface area (Å²) in [6.07, 6.45) is 2.47. The van der Waals surface area contributed by atoms with Crippen LogP contribution in [0.5, 0.6) is 0 Å². The van der Waals surface area contributed by atoms with Crippen LogP contribution in [0.25, 0.3) is 0 Å². The molecule has 0 unspecified atom stereocenters. The molecule has 214 valence electrons. The van der Waals surface area contributed by atoms with Crippen molar-refractivity contribution in [2.45, 2.75) is 44.7 Å². The third-order valence-electron chi connectivity index (χ3n) is 8.85. The van der Waals surface area contributed by atoms with Crippen molar-refractivity contribution in [3.63, 3.8) is 0 Å². The number of benzene rings is 2. The first-order valence-electron chi connectivity index (χ1n) is 14.4. The summed E-state index contributed by atoms with van der Waals surface area (Å²) in [7, 11) is 0. The van der Waals surface area contributed by atoms with Crippen LogP contribution in [0.3, 0.4) is 0 Å². The number of thiophene rings is 1. The minimum absolute atomic E-state index is 0.0404. The molecule has 1 N–H and O–H groups in total. The molecule has 42 heavy (non-hydrogen) atoms. The summed E-state index contributed by atoms with van der Waals surface area (Å²) < 4.78 is 15.9. The Morgan fingerprint density at radius 3 is 2.67 bits per heavy atom. The fourth-order valence-corrected chi connectivity index (χ4v) is 7.52. The maximum Gasteiger partial charge on any atom is 0.265 e. The number of fused-ring (bicyclic) bond motifs is 5. The highest BCUT2D eigenvalue weighted by Crippen LogP contribution is 2.40. The number of anilines is 3. The van der Waals surface area contributed by atoms with E-state index in [-0.39, 0.29) is 35.2 Å². The SMILES string of the molecule is C[C@@H]1CCc2cc(F)ccc2N1C(=O)c1ccc(N2C[C@H]3C[C@@H](C2)c2cccc(=O)n2C3)c(NC(=O)c2cccs2)c1. The number of halogens is 1. The molecule has 0 aliphatic carbocycles. The first-order valence-corrected chi connectivity index (χ1v) is 15.3. The average Bonchev–Trinajstić information content (AvgIpc) is 3.53. The van der Waals surface area contributed by atoms with Gasteiger partial charge in [0.1, 0.15) is 5.82 Å². The molecule has 4 aromatic rings. The second kappa shape index (κ2) is 10.5. The zero-order valence-electron chi connectivity index (χ0n) is 23.3. The van der Waals surface area contributed by atoms with Gasteiger partial charge in [0, 0.05) is 54.6 Å². The van der Waals surface area contributed by atoms with E-state index in [1.54, 1.807) is 29.2 Å². The van der Waals surface area contributed by atoms with Crippen molar-refractivity contribution in [1.29, 1.82) is 0 Å². The van der Waals surface area contributed by atoms with Crippen LogP contribution in [0, 0.1) is 11.7 Å². The van der Waals surface area contributed by atoms with E-state index in [4.69, 9.17) is 0 Å². The molecule has 5 heterocycles. The van der Waals surface area contributed by atoms with Crippen molar-refractivity contribution in [3.05, 3.63) is 110 Å². The number of nitrogens with one attached hydrogen (secondary N) is 1. The number of nitrogens with zero attached hydrogens (tertiary/aromatic N) is 3. The summed E-state index contributed by atoms with van der Waals surface area (Å²) in [5.74, 6) is -0.226. The van der Waals surface area contributed by atoms with Gasteiger partial charge in [-0.3, -0.25) is 14.4 Å². The monoisotopic (exact) mass is 582 g/mol. The Balaban J connectivity index is 1.25. The second-order valence-corrected chi connectivity index (χ2v) is 12.6. The molecule has 7 rings (SSSR count). The number of aromatic nitrogens is 1. The molecule has 2 aromatic heterocycles. The molecule has 3 atom stereocenters. The normalized spacial score (nSPS) is 21.0. The largest absolute Gasteiger partial charge is 0.369 e. The van der Waals surface area contributed by atoms with Crippen molar-refractivity contribution in [2.75, 3.05) is 28.2 Å². The lowest BCUT2D eigenvalue weighted by Crippen LogP contribution is -2.47. The lowest BCUT2D eigenvalue weighted by Gasteiger charge is -2.44. The topological polar surface area (TPSA) is 74.7 Å². The van der Waals surface area contributed by atoms with Crippen molar-refractivity contribution < 1.29 is 14.0 Å². The van der Waals surface area contributed by atoms with Gasteiger partial charge in [0.2, 0.25) is 0 Å². The van der Waals surface area contributed by atoms with Crippen molar-refractivity contribution in [2.24, 2.45) is 5.92 Å². The quantitative estimate of drug-likeness (QED) is 0.325. The number of amides is 2. The molecule has 9 heteroatoms. The predicted molar refractivity (Wildman–Crippen MR) is 163 cm³/mol. The number of hydrogen-bond acceptors (Lipinski definition) is 5. The van der Waals surface area contributed by atoms with Gasteiger partial charge in [-0.15, -0.1) is 11.3 Å². The first-order chi connectivity index (χ1) is 20.4. The van der Waals surface area contributed by atoms with Gasteiger partial charge in [-0.05, 0) is 91.6 Å². The standard InChI is InChI=1S/C33H31FN4O3S/c1-20-7-8-22-15-25(34)10-12-28(22)38(20)33(41)23-9-11-29(26(16-23)35-32(40)30-5-3-13-42-30)36-17-21-14-24(19-36)27-4-2-6-31(39)37(27)18-21/h2-6,9-13,15-16,20-21,24H,7-8,14,17-19H2,1H3,(H,35,40)/t20-,21-,24+/m1/s1. The van der Waals surface area contributed by atoms with E-state index in [1.807, 2.05) is 47.2 Å². The molecule has 0 spiro atoms. The number of carbonyl (C=O) groups excluding carboxylic acids is 2. The number of aryl methyl sites for hydroxylation is 1. The average molecular weight is 583 g/mol. The highest BCUT2D eigenvalue weighted by atomic mass is 32.1. The lowest BCUT2D eigenvalue weighted by molar-refractivity contribution is 0.0973. The molecule has 0 radical (unpaired) electrons. The summed E-state index contributed by atoms with van der Waals surface area (Å²) in [6, 6.07) is 19.2. The molecule has 2 aromatic carbocycles. The summed E-state index contributed by atoms with van der Waals surface area (Å²) in [6.45, 7) is 4.13. The smallest absolute Gasteiger partial charge is 0.265 e. The highest BCUT2D eigenvalue weighted by molar-refractivity contribution is 7.12. The Bertz CT molecular complexity index is 1750. The number of pyridine rings is 1. The summed E-state index contributed by atoms with van der Waals surface area (Å²) >= 11 is 1.36. The van der Waals surface area contributed by atoms with Crippen LogP contribution in [0.15, 0.2) is 76.9 Å². The third kappa shape index (κ3) is 4.71. The number of carbonyl (C=O) groups is 2. The zero-order chi connectivity index (χ0) is 29.0. The predicted octanol–water partition coefficient (Wildman–Crippen LogP) is 5.91. The molecule has 7 nitrogen and oxygen atoms in total. The molecular formula is C33H31FN4O3S. The van der Waals surface area contributed by atoms with Crippen molar-refractivity contribution in [1.82, 2.24) is 4.57 Å². The van der Waals surface area contributed by atoms with Gasteiger partial charge < -0.3 is 19.7 Å². The second-order valence-electron chi connectivity index (χ2n) is 11.6. The van der Waals surface area contributed by atoms with Crippen molar-refractivity contribution >= 4 is 40.2 Å². The van der Waals surface area contributed by atoms with Crippen LogP contribution in [-0.2, 0) is 13.0 Å². The number of rotatable bonds is 4. The van der Waals surface area contributed by atoms with Crippen LogP contribution < -0.4 is 20.7 Å². The van der Waals surface area contributed by atoms with Crippen LogP contribution in [-0.4, -0.2) is 35.5 Å². The summed E-state index contributed by atoms with van der Waals surface area (Å²) in [5.41, 5.74) is 4.53. The van der Waals surface area contributed by atoms with Gasteiger partial charge in [-0.25, -0.2) is 4.39 Å². The van der Waals surface area contributed by atoms with Gasteiger partial charge in [-0.2, -0.15) is 0 Å². The number of hydrogen-bond donors (Lipinski definition) is 1. The van der Waals surface area contributed by atoms with Gasteiger partial charge in [0.05, 0.1) is 16.3 Å². The van der Waals surface area contributed by atoms with Crippen LogP contribution in [0.2, 0.25) is 0 Å². The van der Waals surface area contributed by atoms with E-state index in [2.05, 4.69) is 10.2 Å². The molecule has 2 bridgehead atoms. The zero-order valence-corrected chi connectivity index (χ0v) is 24.1. The fraction of sp³-hybridized carbons (Fsp3) is 0.303. The van der Waals surface area contributed by atoms with Crippen LogP contribution >= 0.6 is 11.3 Å². The van der Waals surface area contributed by atoms with E-state index in [0.29, 0.717) is 41.6 Å². The van der Waals surface area contributed by atoms with E-state index >= 15 is 0 Å². The van der Waals surface area contributed by atoms with E-state index in [0.717, 1.165) is 42.0 Å². The summed E-state index contributed by atoms with van der Waals surface area (Å²) in [4.78, 5) is 44.4. The Morgan fingerprint density at radius 2 is 1.83 bits per heavy atom. The molecule has 3 aliphatic rings. The minimum Gasteiger partial charge on any atom is -0.369 e. The Kier molecular flexibility index (Phi) is 6.69. The fourth-order valence-electron chi connectivity index (χ4n) is 6.90. The van der Waals surface area contributed by atoms with Crippen LogP contribution in [0.1, 0.15) is 57.0 Å².